The third-order valence-corrected chi connectivity index (χ3v) is 5.36. The summed E-state index contributed by atoms with van der Waals surface area (Å²) in [6, 6.07) is 8.30. The number of hydrogen-bond donors (Lipinski definition) is 1. The number of nitrogens with one attached hydrogen (secondary N) is 1. The van der Waals surface area contributed by atoms with Gasteiger partial charge in [-0.1, -0.05) is 25.5 Å². The van der Waals surface area contributed by atoms with Crippen LogP contribution in [0.5, 0.6) is 0 Å². The zero-order valence-corrected chi connectivity index (χ0v) is 13.8. The summed E-state index contributed by atoms with van der Waals surface area (Å²) in [4.78, 5) is 13.7. The van der Waals surface area contributed by atoms with Gasteiger partial charge in [-0.3, -0.25) is 4.79 Å². The van der Waals surface area contributed by atoms with E-state index in [0.29, 0.717) is 5.41 Å². The molecule has 0 atom stereocenters. The first-order chi connectivity index (χ1) is 9.37. The van der Waals surface area contributed by atoms with Crippen molar-refractivity contribution in [1.29, 1.82) is 0 Å². The summed E-state index contributed by atoms with van der Waals surface area (Å²) < 4.78 is 0. The van der Waals surface area contributed by atoms with Crippen LogP contribution in [-0.2, 0) is 10.2 Å². The van der Waals surface area contributed by atoms with Crippen molar-refractivity contribution in [2.75, 3.05) is 12.8 Å². The summed E-state index contributed by atoms with van der Waals surface area (Å²) in [6.45, 7) is 7.06. The predicted octanol–water partition coefficient (Wildman–Crippen LogP) is 3.99. The Bertz CT molecular complexity index is 474. The molecule has 2 nitrogen and oxygen atoms in total. The number of benzene rings is 1. The first kappa shape index (κ1) is 15.4. The number of amides is 1. The summed E-state index contributed by atoms with van der Waals surface area (Å²) >= 11 is 1.72. The maximum Gasteiger partial charge on any atom is 0.230 e. The summed E-state index contributed by atoms with van der Waals surface area (Å²) in [5.41, 5.74) is 0.928. The van der Waals surface area contributed by atoms with Gasteiger partial charge in [-0.15, -0.1) is 11.8 Å². The van der Waals surface area contributed by atoms with Crippen LogP contribution in [0.3, 0.4) is 0 Å². The average molecular weight is 291 g/mol. The molecular formula is C17H25NOS. The second-order valence-electron chi connectivity index (χ2n) is 6.70. The van der Waals surface area contributed by atoms with Crippen molar-refractivity contribution >= 4 is 17.7 Å². The van der Waals surface area contributed by atoms with Gasteiger partial charge in [-0.05, 0) is 56.1 Å². The lowest BCUT2D eigenvalue weighted by Gasteiger charge is -2.39. The number of carbonyl (C=O) groups is 1. The number of rotatable bonds is 5. The third-order valence-electron chi connectivity index (χ3n) is 4.62. The van der Waals surface area contributed by atoms with Crippen molar-refractivity contribution < 1.29 is 4.79 Å². The van der Waals surface area contributed by atoms with E-state index in [1.807, 2.05) is 13.8 Å². The van der Waals surface area contributed by atoms with Gasteiger partial charge in [0.05, 0.1) is 5.41 Å². The van der Waals surface area contributed by atoms with Gasteiger partial charge in [0.15, 0.2) is 0 Å². The molecule has 0 heterocycles. The summed E-state index contributed by atoms with van der Waals surface area (Å²) in [6.07, 6.45) is 5.82. The third kappa shape index (κ3) is 3.20. The molecule has 20 heavy (non-hydrogen) atoms. The molecule has 1 aromatic carbocycles. The lowest BCUT2D eigenvalue weighted by atomic mass is 9.70. The Balaban J connectivity index is 2.01. The van der Waals surface area contributed by atoms with E-state index in [9.17, 15) is 4.79 Å². The largest absolute Gasteiger partial charge is 0.355 e. The van der Waals surface area contributed by atoms with E-state index in [4.69, 9.17) is 0 Å². The Labute approximate surface area is 126 Å². The molecule has 0 saturated heterocycles. The van der Waals surface area contributed by atoms with Gasteiger partial charge in [-0.25, -0.2) is 0 Å². The Hall–Kier alpha value is -0.960. The van der Waals surface area contributed by atoms with Crippen molar-refractivity contribution in [2.45, 2.75) is 50.3 Å². The lowest BCUT2D eigenvalue weighted by Crippen LogP contribution is -2.46. The zero-order valence-electron chi connectivity index (χ0n) is 13.0. The number of hydrogen-bond acceptors (Lipinski definition) is 2. The molecule has 2 rings (SSSR count). The van der Waals surface area contributed by atoms with Crippen LogP contribution < -0.4 is 5.32 Å². The molecule has 0 aliphatic heterocycles. The van der Waals surface area contributed by atoms with Gasteiger partial charge in [0.25, 0.3) is 0 Å². The summed E-state index contributed by atoms with van der Waals surface area (Å²) in [5.74, 6) is 0.127. The Morgan fingerprint density at radius 2 is 1.90 bits per heavy atom. The second kappa shape index (κ2) is 5.80. The highest BCUT2D eigenvalue weighted by Gasteiger charge is 2.35. The first-order valence-electron chi connectivity index (χ1n) is 7.30. The minimum atomic E-state index is -0.475. The standard InChI is InChI=1S/C17H25NOS/c1-16(2,13-6-8-14(20-4)9-7-13)15(19)18-12-17(3)10-5-11-17/h6-9H,5,10-12H2,1-4H3,(H,18,19). The van der Waals surface area contributed by atoms with Crippen LogP contribution >= 0.6 is 11.8 Å². The maximum atomic E-state index is 12.5. The van der Waals surface area contributed by atoms with E-state index < -0.39 is 5.41 Å². The van der Waals surface area contributed by atoms with E-state index in [2.05, 4.69) is 42.8 Å². The Morgan fingerprint density at radius 3 is 2.35 bits per heavy atom. The highest BCUT2D eigenvalue weighted by Crippen LogP contribution is 2.39. The molecule has 0 spiro atoms. The van der Waals surface area contributed by atoms with Gasteiger partial charge < -0.3 is 5.32 Å². The maximum absolute atomic E-state index is 12.5. The highest BCUT2D eigenvalue weighted by molar-refractivity contribution is 7.98. The fraction of sp³-hybridized carbons (Fsp3) is 0.588. The SMILES string of the molecule is CSc1ccc(C(C)(C)C(=O)NCC2(C)CCC2)cc1. The van der Waals surface area contributed by atoms with Gasteiger partial charge in [0.2, 0.25) is 5.91 Å². The van der Waals surface area contributed by atoms with Gasteiger partial charge in [0.1, 0.15) is 0 Å². The molecule has 110 valence electrons. The van der Waals surface area contributed by atoms with E-state index in [1.54, 1.807) is 11.8 Å². The minimum Gasteiger partial charge on any atom is -0.355 e. The van der Waals surface area contributed by atoms with E-state index in [-0.39, 0.29) is 5.91 Å². The highest BCUT2D eigenvalue weighted by atomic mass is 32.2. The number of carbonyl (C=O) groups excluding carboxylic acids is 1. The number of thioether (sulfide) groups is 1. The first-order valence-corrected chi connectivity index (χ1v) is 8.53. The van der Waals surface area contributed by atoms with E-state index >= 15 is 0 Å². The molecule has 0 aromatic heterocycles. The average Bonchev–Trinajstić information content (AvgIpc) is 2.42. The summed E-state index contributed by atoms with van der Waals surface area (Å²) in [5, 5.41) is 3.15. The molecular weight excluding hydrogens is 266 g/mol. The molecule has 1 saturated carbocycles. The predicted molar refractivity (Wildman–Crippen MR) is 86.2 cm³/mol. The van der Waals surface area contributed by atoms with Gasteiger partial charge >= 0.3 is 0 Å². The van der Waals surface area contributed by atoms with Crippen LogP contribution in [0.15, 0.2) is 29.2 Å². The fourth-order valence-corrected chi connectivity index (χ4v) is 3.02. The monoisotopic (exact) mass is 291 g/mol. The lowest BCUT2D eigenvalue weighted by molar-refractivity contribution is -0.126. The Kier molecular flexibility index (Phi) is 4.48. The molecule has 3 heteroatoms. The summed E-state index contributed by atoms with van der Waals surface area (Å²) in [7, 11) is 0. The van der Waals surface area contributed by atoms with E-state index in [1.165, 1.54) is 24.2 Å². The molecule has 0 radical (unpaired) electrons. The Morgan fingerprint density at radius 1 is 1.30 bits per heavy atom. The molecule has 1 N–H and O–H groups in total. The molecule has 1 fully saturated rings. The van der Waals surface area contributed by atoms with Gasteiger partial charge in [0, 0.05) is 11.4 Å². The van der Waals surface area contributed by atoms with Crippen LogP contribution in [0, 0.1) is 5.41 Å². The van der Waals surface area contributed by atoms with Crippen LogP contribution in [0.1, 0.15) is 45.6 Å². The van der Waals surface area contributed by atoms with E-state index in [0.717, 1.165) is 12.1 Å². The molecule has 1 amide bonds. The molecule has 1 aliphatic carbocycles. The van der Waals surface area contributed by atoms with Crippen molar-refractivity contribution in [1.82, 2.24) is 5.32 Å². The molecule has 1 aromatic rings. The van der Waals surface area contributed by atoms with Crippen LogP contribution in [0.4, 0.5) is 0 Å². The van der Waals surface area contributed by atoms with Crippen molar-refractivity contribution in [3.8, 4) is 0 Å². The van der Waals surface area contributed by atoms with Crippen LogP contribution in [-0.4, -0.2) is 18.7 Å². The normalized spacial score (nSPS) is 17.4. The quantitative estimate of drug-likeness (QED) is 0.831. The van der Waals surface area contributed by atoms with Crippen molar-refractivity contribution in [3.05, 3.63) is 29.8 Å². The molecule has 0 unspecified atom stereocenters. The zero-order chi connectivity index (χ0) is 14.8. The second-order valence-corrected chi connectivity index (χ2v) is 7.58. The molecule has 0 bridgehead atoms. The van der Waals surface area contributed by atoms with Crippen molar-refractivity contribution in [3.63, 3.8) is 0 Å². The fourth-order valence-electron chi connectivity index (χ4n) is 2.61. The minimum absolute atomic E-state index is 0.127. The van der Waals surface area contributed by atoms with Crippen molar-refractivity contribution in [2.24, 2.45) is 5.41 Å². The van der Waals surface area contributed by atoms with Crippen LogP contribution in [0.25, 0.3) is 0 Å². The van der Waals surface area contributed by atoms with Gasteiger partial charge in [-0.2, -0.15) is 0 Å². The topological polar surface area (TPSA) is 29.1 Å². The smallest absolute Gasteiger partial charge is 0.230 e. The molecule has 1 aliphatic rings. The van der Waals surface area contributed by atoms with Crippen LogP contribution in [0.2, 0.25) is 0 Å².